The first kappa shape index (κ1) is 7.48. The van der Waals surface area contributed by atoms with Crippen LogP contribution in [0.15, 0.2) is 30.6 Å². The predicted molar refractivity (Wildman–Crippen MR) is 25.4 cm³/mol. The van der Waals surface area contributed by atoms with E-state index in [2.05, 4.69) is 0 Å². The Kier molecular flexibility index (Phi) is 3.26. The summed E-state index contributed by atoms with van der Waals surface area (Å²) in [6.45, 7) is 0. The Morgan fingerprint density at radius 3 is 1.75 bits per heavy atom. The molecule has 0 N–H and O–H groups in total. The van der Waals surface area contributed by atoms with E-state index in [9.17, 15) is 5.21 Å². The molecule has 36 valence electrons. The molecule has 3 heteroatoms. The second-order valence-corrected chi connectivity index (χ2v) is 1.24. The third-order valence-electron chi connectivity index (χ3n) is 0.688. The zero-order chi connectivity index (χ0) is 5.11. The van der Waals surface area contributed by atoms with Gasteiger partial charge in [-0.15, -0.1) is 0 Å². The number of nitrogens with zero attached hydrogens (tertiary/aromatic N) is 1. The number of rotatable bonds is 0. The molecule has 1 aromatic rings. The molecule has 1 aromatic heterocycles. The van der Waals surface area contributed by atoms with Gasteiger partial charge in [-0.25, -0.2) is 0 Å². The van der Waals surface area contributed by atoms with Crippen molar-refractivity contribution >= 4 is 0 Å². The van der Waals surface area contributed by atoms with Crippen LogP contribution in [0.1, 0.15) is 0 Å². The van der Waals surface area contributed by atoms with Crippen LogP contribution in [0, 0.1) is 5.21 Å². The fourth-order valence-electron chi connectivity index (χ4n) is 0.383. The van der Waals surface area contributed by atoms with Crippen molar-refractivity contribution in [1.29, 1.82) is 0 Å². The Morgan fingerprint density at radius 2 is 1.50 bits per heavy atom. The van der Waals surface area contributed by atoms with E-state index in [-0.39, 0.29) is 17.4 Å². The van der Waals surface area contributed by atoms with Crippen molar-refractivity contribution in [3.05, 3.63) is 35.8 Å². The van der Waals surface area contributed by atoms with Gasteiger partial charge in [0.2, 0.25) is 0 Å². The average molecular weight is 147 g/mol. The van der Waals surface area contributed by atoms with Crippen LogP contribution in [-0.2, 0) is 17.4 Å². The molecule has 2 nitrogen and oxygen atoms in total. The van der Waals surface area contributed by atoms with Gasteiger partial charge in [0.25, 0.3) is 0 Å². The molecule has 0 aliphatic heterocycles. The quantitative estimate of drug-likeness (QED) is 0.383. The van der Waals surface area contributed by atoms with E-state index in [4.69, 9.17) is 0 Å². The Morgan fingerprint density at radius 1 is 1.00 bits per heavy atom. The van der Waals surface area contributed by atoms with E-state index in [0.717, 1.165) is 4.73 Å². The molecule has 0 aromatic carbocycles. The third-order valence-corrected chi connectivity index (χ3v) is 0.688. The van der Waals surface area contributed by atoms with Crippen LogP contribution >= 0.6 is 0 Å². The SMILES string of the molecule is [Cr+6].[O-][n+]1ccccc1. The van der Waals surface area contributed by atoms with Gasteiger partial charge in [-0.1, -0.05) is 6.07 Å². The Bertz CT molecular complexity index is 142. The van der Waals surface area contributed by atoms with Gasteiger partial charge >= 0.3 is 17.4 Å². The third kappa shape index (κ3) is 1.97. The molecule has 1 rings (SSSR count). The molecule has 0 aliphatic carbocycles. The molecule has 1 heterocycles. The van der Waals surface area contributed by atoms with E-state index in [1.54, 1.807) is 18.2 Å². The Balaban J connectivity index is 0.000000490. The molecule has 0 bridgehead atoms. The summed E-state index contributed by atoms with van der Waals surface area (Å²) in [6, 6.07) is 5.18. The van der Waals surface area contributed by atoms with Crippen molar-refractivity contribution in [2.24, 2.45) is 0 Å². The van der Waals surface area contributed by atoms with Crippen molar-refractivity contribution in [3.63, 3.8) is 0 Å². The summed E-state index contributed by atoms with van der Waals surface area (Å²) in [6.07, 6.45) is 2.89. The zero-order valence-electron chi connectivity index (χ0n) is 4.15. The van der Waals surface area contributed by atoms with Crippen LogP contribution in [0.5, 0.6) is 0 Å². The molecule has 0 amide bonds. The van der Waals surface area contributed by atoms with E-state index in [1.165, 1.54) is 12.4 Å². The normalized spacial score (nSPS) is 7.50. The summed E-state index contributed by atoms with van der Waals surface area (Å²) in [5, 5.41) is 10.2. The second kappa shape index (κ2) is 3.48. The number of pyridine rings is 1. The largest absolute Gasteiger partial charge is 6.00 e. The Labute approximate surface area is 58.5 Å². The number of aromatic nitrogens is 1. The van der Waals surface area contributed by atoms with Gasteiger partial charge in [0.1, 0.15) is 0 Å². The molecular formula is C5H5CrNO+6. The van der Waals surface area contributed by atoms with Gasteiger partial charge in [0.05, 0.1) is 0 Å². The minimum absolute atomic E-state index is 0. The fraction of sp³-hybridized carbons (Fsp3) is 0. The van der Waals surface area contributed by atoms with E-state index >= 15 is 0 Å². The van der Waals surface area contributed by atoms with Gasteiger partial charge in [0.15, 0.2) is 12.4 Å². The minimum Gasteiger partial charge on any atom is -0.619 e. The first-order valence-corrected chi connectivity index (χ1v) is 2.03. The van der Waals surface area contributed by atoms with E-state index in [1.807, 2.05) is 0 Å². The number of hydrogen-bond donors (Lipinski definition) is 0. The molecule has 0 unspecified atom stereocenters. The standard InChI is InChI=1S/C5H5NO.Cr/c7-6-4-2-1-3-5-6;/h1-5H;/q;+6. The molecule has 0 aliphatic rings. The predicted octanol–water partition coefficient (Wildman–Crippen LogP) is 0.318. The van der Waals surface area contributed by atoms with Crippen LogP contribution in [0.3, 0.4) is 0 Å². The van der Waals surface area contributed by atoms with E-state index < -0.39 is 0 Å². The van der Waals surface area contributed by atoms with Crippen LogP contribution in [0.25, 0.3) is 0 Å². The van der Waals surface area contributed by atoms with Crippen molar-refractivity contribution in [2.45, 2.75) is 0 Å². The topological polar surface area (TPSA) is 26.9 Å². The van der Waals surface area contributed by atoms with Gasteiger partial charge in [-0.3, -0.25) is 0 Å². The van der Waals surface area contributed by atoms with Crippen LogP contribution in [0.2, 0.25) is 0 Å². The van der Waals surface area contributed by atoms with Gasteiger partial charge in [-0.2, -0.15) is 4.73 Å². The fourth-order valence-corrected chi connectivity index (χ4v) is 0.383. The summed E-state index contributed by atoms with van der Waals surface area (Å²) >= 11 is 0. The van der Waals surface area contributed by atoms with Crippen LogP contribution in [0.4, 0.5) is 0 Å². The maximum absolute atomic E-state index is 10.2. The molecule has 8 heavy (non-hydrogen) atoms. The van der Waals surface area contributed by atoms with Crippen molar-refractivity contribution in [3.8, 4) is 0 Å². The summed E-state index contributed by atoms with van der Waals surface area (Å²) < 4.78 is 0.750. The molecule has 0 saturated heterocycles. The summed E-state index contributed by atoms with van der Waals surface area (Å²) in [7, 11) is 0. The first-order chi connectivity index (χ1) is 3.39. The Hall–Kier alpha value is -0.518. The summed E-state index contributed by atoms with van der Waals surface area (Å²) in [4.78, 5) is 0. The second-order valence-electron chi connectivity index (χ2n) is 1.24. The van der Waals surface area contributed by atoms with Crippen LogP contribution < -0.4 is 4.73 Å². The van der Waals surface area contributed by atoms with Gasteiger partial charge in [0, 0.05) is 12.1 Å². The molecule has 0 radical (unpaired) electrons. The molecule has 0 atom stereocenters. The van der Waals surface area contributed by atoms with Crippen LogP contribution in [-0.4, -0.2) is 0 Å². The molecule has 0 saturated carbocycles. The minimum atomic E-state index is 0. The molecule has 0 spiro atoms. The summed E-state index contributed by atoms with van der Waals surface area (Å²) in [5.74, 6) is 0. The molecule has 0 fully saturated rings. The smallest absolute Gasteiger partial charge is 0.619 e. The first-order valence-electron chi connectivity index (χ1n) is 2.03. The molecular weight excluding hydrogens is 142 g/mol. The zero-order valence-corrected chi connectivity index (χ0v) is 5.43. The van der Waals surface area contributed by atoms with E-state index in [0.29, 0.717) is 0 Å². The van der Waals surface area contributed by atoms with Gasteiger partial charge < -0.3 is 5.21 Å². The van der Waals surface area contributed by atoms with Crippen molar-refractivity contribution < 1.29 is 22.1 Å². The number of hydrogen-bond acceptors (Lipinski definition) is 1. The maximum atomic E-state index is 10.2. The van der Waals surface area contributed by atoms with Crippen molar-refractivity contribution in [1.82, 2.24) is 0 Å². The summed E-state index contributed by atoms with van der Waals surface area (Å²) in [5.41, 5.74) is 0. The van der Waals surface area contributed by atoms with Crippen molar-refractivity contribution in [2.75, 3.05) is 0 Å². The monoisotopic (exact) mass is 147 g/mol. The maximum Gasteiger partial charge on any atom is 6.00 e. The van der Waals surface area contributed by atoms with Gasteiger partial charge in [-0.05, 0) is 0 Å². The average Bonchev–Trinajstić information content (AvgIpc) is 1.69.